The molecule has 1 aliphatic carbocycles. The lowest BCUT2D eigenvalue weighted by Crippen LogP contribution is -2.59. The van der Waals surface area contributed by atoms with Gasteiger partial charge < -0.3 is 34.1 Å². The van der Waals surface area contributed by atoms with Gasteiger partial charge in [0.1, 0.15) is 17.5 Å². The number of aromatic nitrogens is 1. The summed E-state index contributed by atoms with van der Waals surface area (Å²) in [6.07, 6.45) is 7.25. The van der Waals surface area contributed by atoms with E-state index in [0.29, 0.717) is 39.4 Å². The van der Waals surface area contributed by atoms with Gasteiger partial charge in [0.05, 0.1) is 41.2 Å². The summed E-state index contributed by atoms with van der Waals surface area (Å²) in [6.45, 7) is 8.03. The number of carbonyl (C=O) groups excluding carboxylic acids is 5. The number of aryl methyl sites for hydroxylation is 1. The number of piperazine rings is 1. The normalized spacial score (nSPS) is 21.3. The van der Waals surface area contributed by atoms with Crippen LogP contribution in [0.25, 0.3) is 21.2 Å². The summed E-state index contributed by atoms with van der Waals surface area (Å²) >= 11 is 1.36. The Morgan fingerprint density at radius 1 is 0.846 bits per heavy atom. The molecule has 3 saturated heterocycles. The van der Waals surface area contributed by atoms with Gasteiger partial charge in [0.15, 0.2) is 0 Å². The number of carbonyl (C=O) groups is 5. The minimum absolute atomic E-state index is 0.0892. The molecule has 2 atom stereocenters. The van der Waals surface area contributed by atoms with Crippen molar-refractivity contribution in [1.29, 1.82) is 0 Å². The van der Waals surface area contributed by atoms with Crippen molar-refractivity contribution < 1.29 is 33.4 Å². The third-order valence-electron chi connectivity index (χ3n) is 14.4. The zero-order valence-electron chi connectivity index (χ0n) is 37.9. The van der Waals surface area contributed by atoms with E-state index in [4.69, 9.17) is 9.47 Å². The molecule has 17 heteroatoms. The Hall–Kier alpha value is -5.62. The first-order valence-corrected chi connectivity index (χ1v) is 23.5. The number of methoxy groups -OCH3 is 2. The zero-order valence-corrected chi connectivity index (χ0v) is 38.7. The number of amides is 5. The summed E-state index contributed by atoms with van der Waals surface area (Å²) < 4.78 is 13.9. The van der Waals surface area contributed by atoms with E-state index in [2.05, 4.69) is 30.2 Å². The molecule has 4 fully saturated rings. The van der Waals surface area contributed by atoms with E-state index in [1.807, 2.05) is 38.5 Å². The van der Waals surface area contributed by atoms with Crippen molar-refractivity contribution in [2.45, 2.75) is 63.6 Å². The molecule has 2 N–H and O–H groups in total. The van der Waals surface area contributed by atoms with E-state index < -0.39 is 29.7 Å². The van der Waals surface area contributed by atoms with Crippen molar-refractivity contribution >= 4 is 56.6 Å². The quantitative estimate of drug-likeness (QED) is 0.186. The highest BCUT2D eigenvalue weighted by Gasteiger charge is 2.49. The van der Waals surface area contributed by atoms with Crippen LogP contribution in [0, 0.1) is 5.41 Å². The predicted molar refractivity (Wildman–Crippen MR) is 248 cm³/mol. The summed E-state index contributed by atoms with van der Waals surface area (Å²) in [4.78, 5) is 88.8. The van der Waals surface area contributed by atoms with Gasteiger partial charge in [-0.3, -0.25) is 43.9 Å². The Balaban J connectivity index is 0.758. The Labute approximate surface area is 382 Å². The maximum atomic E-state index is 13.9. The van der Waals surface area contributed by atoms with Gasteiger partial charge in [0, 0.05) is 74.4 Å². The lowest BCUT2D eigenvalue weighted by atomic mass is 9.59. The highest BCUT2D eigenvalue weighted by atomic mass is 32.1. The first-order chi connectivity index (χ1) is 31.3. The largest absolute Gasteiger partial charge is 0.496 e. The number of rotatable bonds is 13. The van der Waals surface area contributed by atoms with Gasteiger partial charge in [-0.2, -0.15) is 0 Å². The summed E-state index contributed by atoms with van der Waals surface area (Å²) in [7, 11) is 9.01. The molecule has 0 bridgehead atoms. The lowest BCUT2D eigenvalue weighted by Gasteiger charge is -2.54. The number of likely N-dealkylation sites (tertiary alicyclic amines) is 1. The van der Waals surface area contributed by atoms with Gasteiger partial charge in [-0.05, 0) is 126 Å². The van der Waals surface area contributed by atoms with E-state index in [0.717, 1.165) is 116 Å². The first kappa shape index (κ1) is 44.6. The highest BCUT2D eigenvalue weighted by molar-refractivity contribution is 7.21. The second-order valence-electron chi connectivity index (χ2n) is 18.5. The molecule has 65 heavy (non-hydrogen) atoms. The number of piperidine rings is 2. The maximum Gasteiger partial charge on any atom is 0.262 e. The summed E-state index contributed by atoms with van der Waals surface area (Å²) in [5.74, 6) is -0.718. The summed E-state index contributed by atoms with van der Waals surface area (Å²) in [5, 5.41) is 6.16. The molecule has 6 heterocycles. The fourth-order valence-electron chi connectivity index (χ4n) is 10.6. The molecule has 2 aromatic heterocycles. The van der Waals surface area contributed by atoms with Crippen molar-refractivity contribution in [3.05, 3.63) is 74.5 Å². The van der Waals surface area contributed by atoms with Gasteiger partial charge >= 0.3 is 0 Å². The molecule has 5 amide bonds. The molecule has 0 radical (unpaired) electrons. The summed E-state index contributed by atoms with van der Waals surface area (Å²) in [5.41, 5.74) is 4.05. The van der Waals surface area contributed by atoms with Crippen LogP contribution >= 0.6 is 11.3 Å². The van der Waals surface area contributed by atoms with Gasteiger partial charge in [-0.25, -0.2) is 0 Å². The Morgan fingerprint density at radius 3 is 2.15 bits per heavy atom. The second kappa shape index (κ2) is 18.0. The van der Waals surface area contributed by atoms with E-state index >= 15 is 0 Å². The zero-order chi connectivity index (χ0) is 45.7. The van der Waals surface area contributed by atoms with Crippen LogP contribution in [0.4, 0.5) is 5.69 Å². The van der Waals surface area contributed by atoms with Crippen LogP contribution in [-0.2, 0) is 23.2 Å². The number of fused-ring (bicyclic) bond motifs is 2. The topological polar surface area (TPSA) is 166 Å². The van der Waals surface area contributed by atoms with Crippen LogP contribution in [0.1, 0.15) is 80.9 Å². The van der Waals surface area contributed by atoms with Gasteiger partial charge in [-0.1, -0.05) is 0 Å². The van der Waals surface area contributed by atoms with E-state index in [9.17, 15) is 28.8 Å². The number of hydrogen-bond donors (Lipinski definition) is 2. The number of pyridine rings is 1. The number of imide groups is 2. The molecule has 4 aromatic rings. The number of benzene rings is 2. The maximum absolute atomic E-state index is 13.9. The number of hydrogen-bond acceptors (Lipinski definition) is 13. The van der Waals surface area contributed by atoms with Gasteiger partial charge in [-0.15, -0.1) is 11.3 Å². The standard InChI is InChI=1S/C48H58N8O8S/c1-51(2)27-35-37(63-4)23-29(24-38(35)64-5)34-28-52(3)45(60)33-26-39(65-42(33)34)44(59)49-40-11-12-48(40)13-17-53(18-14-48)15-6-16-54-19-21-55(22-20-54)30-7-8-31-32(25-30)47(62)56(46(31)61)36-9-10-41(57)50-43(36)58/h7-8,23-26,28,36,40H,6,9-22,27H2,1-5H3,(H,49,59)(H,50,57,58). The molecule has 5 aliphatic rings. The molecule has 1 spiro atoms. The molecule has 344 valence electrons. The minimum Gasteiger partial charge on any atom is -0.496 e. The number of thiophene rings is 1. The molecule has 2 unspecified atom stereocenters. The van der Waals surface area contributed by atoms with Crippen LogP contribution in [0.5, 0.6) is 11.5 Å². The monoisotopic (exact) mass is 906 g/mol. The first-order valence-electron chi connectivity index (χ1n) is 22.7. The van der Waals surface area contributed by atoms with Crippen molar-refractivity contribution in [3.63, 3.8) is 0 Å². The van der Waals surface area contributed by atoms with Crippen molar-refractivity contribution in [2.75, 3.05) is 85.6 Å². The van der Waals surface area contributed by atoms with Crippen LogP contribution in [0.2, 0.25) is 0 Å². The second-order valence-corrected chi connectivity index (χ2v) is 19.6. The smallest absolute Gasteiger partial charge is 0.262 e. The Bertz CT molecular complexity index is 2600. The molecule has 4 aliphatic heterocycles. The third-order valence-corrected chi connectivity index (χ3v) is 15.6. The van der Waals surface area contributed by atoms with Crippen molar-refractivity contribution in [2.24, 2.45) is 12.5 Å². The Morgan fingerprint density at radius 2 is 1.52 bits per heavy atom. The fraction of sp³-hybridized carbons (Fsp3) is 0.500. The molecule has 1 saturated carbocycles. The van der Waals surface area contributed by atoms with Crippen LogP contribution in [0.3, 0.4) is 0 Å². The van der Waals surface area contributed by atoms with Crippen molar-refractivity contribution in [3.8, 4) is 22.6 Å². The minimum atomic E-state index is -0.977. The van der Waals surface area contributed by atoms with Crippen LogP contribution < -0.4 is 30.6 Å². The number of anilines is 1. The lowest BCUT2D eigenvalue weighted by molar-refractivity contribution is -0.136. The molecule has 16 nitrogen and oxygen atoms in total. The number of nitrogens with one attached hydrogen (secondary N) is 2. The molecular weight excluding hydrogens is 849 g/mol. The predicted octanol–water partition coefficient (Wildman–Crippen LogP) is 3.93. The van der Waals surface area contributed by atoms with E-state index in [1.54, 1.807) is 44.0 Å². The SMILES string of the molecule is COc1cc(-c2cn(C)c(=O)c3cc(C(=O)NC4CCC45CCN(CCCN4CCN(c6ccc7c(c6)C(=O)N(C6CCC(=O)NC6=O)C7=O)CC4)CC5)sc23)cc(OC)c1CN(C)C. The number of nitrogens with zero attached hydrogens (tertiary/aromatic N) is 6. The van der Waals surface area contributed by atoms with Crippen molar-refractivity contribution in [1.82, 2.24) is 34.8 Å². The van der Waals surface area contributed by atoms with Crippen LogP contribution in [-0.4, -0.2) is 146 Å². The number of ether oxygens (including phenoxy) is 2. The van der Waals surface area contributed by atoms with Gasteiger partial charge in [0.2, 0.25) is 11.8 Å². The fourth-order valence-corrected chi connectivity index (χ4v) is 11.6. The summed E-state index contributed by atoms with van der Waals surface area (Å²) in [6, 6.07) is 10.2. The van der Waals surface area contributed by atoms with E-state index in [-0.39, 0.29) is 35.8 Å². The molecule has 2 aromatic carbocycles. The third kappa shape index (κ3) is 8.43. The van der Waals surface area contributed by atoms with Gasteiger partial charge in [0.25, 0.3) is 23.3 Å². The average molecular weight is 907 g/mol. The molecular formula is C48H58N8O8S. The highest BCUT2D eigenvalue weighted by Crippen LogP contribution is 2.49. The molecule has 9 rings (SSSR count). The van der Waals surface area contributed by atoms with Crippen LogP contribution in [0.15, 0.2) is 47.4 Å². The Kier molecular flexibility index (Phi) is 12.3. The average Bonchev–Trinajstić information content (AvgIpc) is 3.85. The van der Waals surface area contributed by atoms with E-state index in [1.165, 1.54) is 11.3 Å².